The molecule has 1 saturated carbocycles. The highest BCUT2D eigenvalue weighted by Gasteiger charge is 2.30. The first-order valence-electron chi connectivity index (χ1n) is 6.35. The molecule has 18 heavy (non-hydrogen) atoms. The summed E-state index contributed by atoms with van der Waals surface area (Å²) in [6.45, 7) is 3.29. The highest BCUT2D eigenvalue weighted by atomic mass is 32.1. The second-order valence-corrected chi connectivity index (χ2v) is 5.71. The van der Waals surface area contributed by atoms with E-state index in [2.05, 4.69) is 15.6 Å². The van der Waals surface area contributed by atoms with E-state index in [4.69, 9.17) is 4.74 Å². The van der Waals surface area contributed by atoms with Crippen LogP contribution in [-0.2, 0) is 9.53 Å². The molecule has 2 atom stereocenters. The molecule has 2 N–H and O–H groups in total. The number of morpholine rings is 1. The van der Waals surface area contributed by atoms with Gasteiger partial charge in [-0.3, -0.25) is 4.79 Å². The lowest BCUT2D eigenvalue weighted by atomic mass is 10.1. The summed E-state index contributed by atoms with van der Waals surface area (Å²) in [6.07, 6.45) is 2.36. The predicted octanol–water partition coefficient (Wildman–Crippen LogP) is 1.34. The lowest BCUT2D eigenvalue weighted by Crippen LogP contribution is -2.53. The standard InChI is InChI=1S/C12H17N3O2S/c1-7-10(13-4-5-17-7)11(16)15-12-14-9(6-18-12)8-2-3-8/h6-8,10,13H,2-5H2,1H3,(H,14,15,16)/t7-,10+/m1/s1. The number of carbonyl (C=O) groups is 1. The Morgan fingerprint density at radius 1 is 1.61 bits per heavy atom. The summed E-state index contributed by atoms with van der Waals surface area (Å²) in [7, 11) is 0. The van der Waals surface area contributed by atoms with Gasteiger partial charge in [0.2, 0.25) is 5.91 Å². The molecule has 2 heterocycles. The maximum atomic E-state index is 12.1. The van der Waals surface area contributed by atoms with E-state index in [1.165, 1.54) is 24.2 Å². The number of hydrogen-bond acceptors (Lipinski definition) is 5. The Labute approximate surface area is 110 Å². The average Bonchev–Trinajstić information content (AvgIpc) is 3.11. The molecule has 2 aliphatic rings. The van der Waals surface area contributed by atoms with Crippen LogP contribution in [0.1, 0.15) is 31.4 Å². The number of hydrogen-bond donors (Lipinski definition) is 2. The third-order valence-corrected chi connectivity index (χ3v) is 4.12. The molecule has 1 saturated heterocycles. The van der Waals surface area contributed by atoms with E-state index in [1.807, 2.05) is 12.3 Å². The molecular formula is C12H17N3O2S. The van der Waals surface area contributed by atoms with Crippen molar-refractivity contribution in [3.8, 4) is 0 Å². The Balaban J connectivity index is 1.61. The number of aromatic nitrogens is 1. The first kappa shape index (κ1) is 12.1. The lowest BCUT2D eigenvalue weighted by Gasteiger charge is -2.28. The number of rotatable bonds is 3. The van der Waals surface area contributed by atoms with Gasteiger partial charge in [-0.15, -0.1) is 11.3 Å². The maximum absolute atomic E-state index is 12.1. The van der Waals surface area contributed by atoms with Crippen molar-refractivity contribution in [2.45, 2.75) is 37.8 Å². The Kier molecular flexibility index (Phi) is 3.32. The van der Waals surface area contributed by atoms with Crippen LogP contribution in [0.4, 0.5) is 5.13 Å². The molecule has 0 radical (unpaired) electrons. The Bertz CT molecular complexity index is 444. The van der Waals surface area contributed by atoms with E-state index in [9.17, 15) is 4.79 Å². The zero-order valence-electron chi connectivity index (χ0n) is 10.3. The van der Waals surface area contributed by atoms with Crippen molar-refractivity contribution in [1.29, 1.82) is 0 Å². The van der Waals surface area contributed by atoms with E-state index >= 15 is 0 Å². The summed E-state index contributed by atoms with van der Waals surface area (Å²) in [5, 5.41) is 8.78. The number of anilines is 1. The summed E-state index contributed by atoms with van der Waals surface area (Å²) < 4.78 is 5.46. The maximum Gasteiger partial charge on any atom is 0.245 e. The molecule has 1 amide bonds. The monoisotopic (exact) mass is 267 g/mol. The van der Waals surface area contributed by atoms with Crippen LogP contribution in [0.3, 0.4) is 0 Å². The van der Waals surface area contributed by atoms with Crippen molar-refractivity contribution in [1.82, 2.24) is 10.3 Å². The highest BCUT2D eigenvalue weighted by Crippen LogP contribution is 2.40. The van der Waals surface area contributed by atoms with Crippen LogP contribution in [-0.4, -0.2) is 36.2 Å². The van der Waals surface area contributed by atoms with Gasteiger partial charge in [0.05, 0.1) is 18.4 Å². The molecule has 1 aromatic heterocycles. The van der Waals surface area contributed by atoms with Gasteiger partial charge in [-0.25, -0.2) is 4.98 Å². The van der Waals surface area contributed by atoms with E-state index in [-0.39, 0.29) is 18.1 Å². The minimum atomic E-state index is -0.285. The molecule has 1 aliphatic carbocycles. The van der Waals surface area contributed by atoms with Crippen LogP contribution in [0.15, 0.2) is 5.38 Å². The third-order valence-electron chi connectivity index (χ3n) is 3.35. The van der Waals surface area contributed by atoms with Crippen molar-refractivity contribution >= 4 is 22.4 Å². The molecular weight excluding hydrogens is 250 g/mol. The number of nitrogens with one attached hydrogen (secondary N) is 2. The number of nitrogens with zero attached hydrogens (tertiary/aromatic N) is 1. The quantitative estimate of drug-likeness (QED) is 0.867. The number of amides is 1. The topological polar surface area (TPSA) is 63.2 Å². The van der Waals surface area contributed by atoms with Crippen molar-refractivity contribution < 1.29 is 9.53 Å². The molecule has 0 aromatic carbocycles. The van der Waals surface area contributed by atoms with Gasteiger partial charge in [0, 0.05) is 17.8 Å². The van der Waals surface area contributed by atoms with Crippen molar-refractivity contribution in [2.24, 2.45) is 0 Å². The predicted molar refractivity (Wildman–Crippen MR) is 69.9 cm³/mol. The summed E-state index contributed by atoms with van der Waals surface area (Å²) in [6, 6.07) is -0.285. The zero-order chi connectivity index (χ0) is 12.5. The van der Waals surface area contributed by atoms with Gasteiger partial charge in [0.15, 0.2) is 5.13 Å². The minimum absolute atomic E-state index is 0.0566. The molecule has 6 heteroatoms. The fraction of sp³-hybridized carbons (Fsp3) is 0.667. The number of thiazole rings is 1. The fourth-order valence-corrected chi connectivity index (χ4v) is 2.92. The number of carbonyl (C=O) groups excluding carboxylic acids is 1. The van der Waals surface area contributed by atoms with E-state index in [0.29, 0.717) is 24.2 Å². The largest absolute Gasteiger partial charge is 0.375 e. The highest BCUT2D eigenvalue weighted by molar-refractivity contribution is 7.13. The summed E-state index contributed by atoms with van der Waals surface area (Å²) in [5.41, 5.74) is 1.12. The van der Waals surface area contributed by atoms with Crippen LogP contribution in [0, 0.1) is 0 Å². The first-order chi connectivity index (χ1) is 8.74. The van der Waals surface area contributed by atoms with Gasteiger partial charge in [0.1, 0.15) is 6.04 Å². The van der Waals surface area contributed by atoms with Crippen LogP contribution < -0.4 is 10.6 Å². The third kappa shape index (κ3) is 2.55. The van der Waals surface area contributed by atoms with Gasteiger partial charge >= 0.3 is 0 Å². The second-order valence-electron chi connectivity index (χ2n) is 4.85. The molecule has 0 bridgehead atoms. The van der Waals surface area contributed by atoms with Crippen molar-refractivity contribution in [2.75, 3.05) is 18.5 Å². The molecule has 98 valence electrons. The number of ether oxygens (including phenoxy) is 1. The van der Waals surface area contributed by atoms with Crippen LogP contribution in [0.25, 0.3) is 0 Å². The van der Waals surface area contributed by atoms with Gasteiger partial charge in [-0.05, 0) is 19.8 Å². The Hall–Kier alpha value is -0.980. The van der Waals surface area contributed by atoms with Crippen LogP contribution in [0.2, 0.25) is 0 Å². The summed E-state index contributed by atoms with van der Waals surface area (Å²) in [4.78, 5) is 16.5. The zero-order valence-corrected chi connectivity index (χ0v) is 11.1. The van der Waals surface area contributed by atoms with E-state index in [0.717, 1.165) is 5.69 Å². The normalized spacial score (nSPS) is 28.1. The smallest absolute Gasteiger partial charge is 0.245 e. The fourth-order valence-electron chi connectivity index (χ4n) is 2.12. The van der Waals surface area contributed by atoms with E-state index in [1.54, 1.807) is 0 Å². The summed E-state index contributed by atoms with van der Waals surface area (Å²) >= 11 is 1.50. The minimum Gasteiger partial charge on any atom is -0.375 e. The van der Waals surface area contributed by atoms with Gasteiger partial charge < -0.3 is 15.4 Å². The second kappa shape index (κ2) is 4.95. The van der Waals surface area contributed by atoms with Gasteiger partial charge in [-0.1, -0.05) is 0 Å². The van der Waals surface area contributed by atoms with Crippen LogP contribution in [0.5, 0.6) is 0 Å². The molecule has 0 unspecified atom stereocenters. The molecule has 0 spiro atoms. The Morgan fingerprint density at radius 3 is 3.17 bits per heavy atom. The SMILES string of the molecule is C[C@H]1OCCN[C@@H]1C(=O)Nc1nc(C2CC2)cs1. The van der Waals surface area contributed by atoms with Crippen molar-refractivity contribution in [3.05, 3.63) is 11.1 Å². The molecule has 2 fully saturated rings. The molecule has 1 aromatic rings. The summed E-state index contributed by atoms with van der Waals surface area (Å²) in [5.74, 6) is 0.570. The Morgan fingerprint density at radius 2 is 2.44 bits per heavy atom. The van der Waals surface area contributed by atoms with Crippen LogP contribution >= 0.6 is 11.3 Å². The van der Waals surface area contributed by atoms with Crippen molar-refractivity contribution in [3.63, 3.8) is 0 Å². The molecule has 5 nitrogen and oxygen atoms in total. The lowest BCUT2D eigenvalue weighted by molar-refractivity contribution is -0.123. The molecule has 1 aliphatic heterocycles. The van der Waals surface area contributed by atoms with Gasteiger partial charge in [0.25, 0.3) is 0 Å². The first-order valence-corrected chi connectivity index (χ1v) is 7.23. The van der Waals surface area contributed by atoms with E-state index < -0.39 is 0 Å². The van der Waals surface area contributed by atoms with Gasteiger partial charge in [-0.2, -0.15) is 0 Å². The molecule has 3 rings (SSSR count). The average molecular weight is 267 g/mol.